The Morgan fingerprint density at radius 2 is 1.91 bits per heavy atom. The van der Waals surface area contributed by atoms with Gasteiger partial charge < -0.3 is 10.8 Å². The van der Waals surface area contributed by atoms with Gasteiger partial charge in [0.2, 0.25) is 0 Å². The van der Waals surface area contributed by atoms with Crippen molar-refractivity contribution < 1.29 is 5.11 Å². The smallest absolute Gasteiger partial charge is 0.0585 e. The number of aryl methyl sites for hydroxylation is 1. The molecule has 122 valence electrons. The van der Waals surface area contributed by atoms with Gasteiger partial charge in [-0.1, -0.05) is 63.3 Å². The number of hydrogen-bond donors (Lipinski definition) is 2. The number of allylic oxidation sites excluding steroid dienone is 1. The molecular formula is C20H31NO. The first kappa shape index (κ1) is 17.2. The number of rotatable bonds is 10. The van der Waals surface area contributed by atoms with Crippen LogP contribution in [0.5, 0.6) is 0 Å². The molecule has 0 saturated carbocycles. The monoisotopic (exact) mass is 301 g/mol. The first-order valence-corrected chi connectivity index (χ1v) is 8.92. The van der Waals surface area contributed by atoms with Crippen LogP contribution in [0, 0.1) is 0 Å². The van der Waals surface area contributed by atoms with E-state index < -0.39 is 0 Å². The highest BCUT2D eigenvalue weighted by atomic mass is 16.3. The van der Waals surface area contributed by atoms with Crippen LogP contribution in [-0.4, -0.2) is 17.8 Å². The first-order valence-electron chi connectivity index (χ1n) is 8.92. The van der Waals surface area contributed by atoms with Gasteiger partial charge in [-0.2, -0.15) is 0 Å². The fourth-order valence-corrected chi connectivity index (χ4v) is 3.28. The van der Waals surface area contributed by atoms with Gasteiger partial charge in [0.15, 0.2) is 0 Å². The van der Waals surface area contributed by atoms with Gasteiger partial charge in [0.1, 0.15) is 0 Å². The van der Waals surface area contributed by atoms with Crippen LogP contribution in [0.1, 0.15) is 68.6 Å². The highest BCUT2D eigenvalue weighted by Gasteiger charge is 2.16. The van der Waals surface area contributed by atoms with Crippen LogP contribution in [-0.2, 0) is 12.8 Å². The third-order valence-corrected chi connectivity index (χ3v) is 4.62. The summed E-state index contributed by atoms with van der Waals surface area (Å²) in [5.41, 5.74) is 11.4. The highest BCUT2D eigenvalue weighted by molar-refractivity contribution is 5.73. The Morgan fingerprint density at radius 1 is 1.14 bits per heavy atom. The Hall–Kier alpha value is -1.12. The van der Waals surface area contributed by atoms with Crippen molar-refractivity contribution >= 4 is 5.57 Å². The number of unbranched alkanes of at least 4 members (excludes halogenated alkanes) is 5. The van der Waals surface area contributed by atoms with Gasteiger partial charge in [0.05, 0.1) is 6.61 Å². The summed E-state index contributed by atoms with van der Waals surface area (Å²) in [5, 5.41) is 9.11. The molecule has 2 nitrogen and oxygen atoms in total. The SMILES string of the molecule is CCCCCCCCc1ccc2c(c1)CC=C2CC(N)CO. The van der Waals surface area contributed by atoms with E-state index in [0.29, 0.717) is 0 Å². The zero-order valence-electron chi connectivity index (χ0n) is 14.0. The van der Waals surface area contributed by atoms with Crippen LogP contribution in [0.4, 0.5) is 0 Å². The fourth-order valence-electron chi connectivity index (χ4n) is 3.28. The van der Waals surface area contributed by atoms with Crippen molar-refractivity contribution in [3.8, 4) is 0 Å². The number of nitrogens with two attached hydrogens (primary N) is 1. The van der Waals surface area contributed by atoms with Gasteiger partial charge in [-0.25, -0.2) is 0 Å². The molecule has 1 aliphatic rings. The van der Waals surface area contributed by atoms with E-state index in [1.165, 1.54) is 67.2 Å². The van der Waals surface area contributed by atoms with Crippen LogP contribution < -0.4 is 5.73 Å². The topological polar surface area (TPSA) is 46.2 Å². The molecule has 0 aromatic heterocycles. The second-order valence-corrected chi connectivity index (χ2v) is 6.59. The van der Waals surface area contributed by atoms with E-state index in [1.54, 1.807) is 0 Å². The van der Waals surface area contributed by atoms with E-state index in [0.717, 1.165) is 12.8 Å². The van der Waals surface area contributed by atoms with Crippen molar-refractivity contribution in [1.82, 2.24) is 0 Å². The van der Waals surface area contributed by atoms with Crippen LogP contribution >= 0.6 is 0 Å². The van der Waals surface area contributed by atoms with Gasteiger partial charge in [0.25, 0.3) is 0 Å². The summed E-state index contributed by atoms with van der Waals surface area (Å²) in [6, 6.07) is 6.76. The Bertz CT molecular complexity index is 492. The molecular weight excluding hydrogens is 270 g/mol. The lowest BCUT2D eigenvalue weighted by molar-refractivity contribution is 0.267. The normalized spacial score (nSPS) is 14.8. The Morgan fingerprint density at radius 3 is 2.68 bits per heavy atom. The van der Waals surface area contributed by atoms with Crippen molar-refractivity contribution in [3.63, 3.8) is 0 Å². The summed E-state index contributed by atoms with van der Waals surface area (Å²) >= 11 is 0. The molecule has 1 atom stereocenters. The minimum atomic E-state index is -0.139. The predicted molar refractivity (Wildman–Crippen MR) is 94.9 cm³/mol. The Kier molecular flexibility index (Phi) is 7.14. The van der Waals surface area contributed by atoms with Crippen LogP contribution in [0.15, 0.2) is 24.3 Å². The van der Waals surface area contributed by atoms with Gasteiger partial charge in [-0.3, -0.25) is 0 Å². The average molecular weight is 301 g/mol. The number of benzene rings is 1. The molecule has 2 heteroatoms. The molecule has 1 aromatic carbocycles. The van der Waals surface area contributed by atoms with E-state index in [1.807, 2.05) is 0 Å². The molecule has 0 amide bonds. The largest absolute Gasteiger partial charge is 0.395 e. The lowest BCUT2D eigenvalue weighted by atomic mass is 9.96. The van der Waals surface area contributed by atoms with Crippen LogP contribution in [0.3, 0.4) is 0 Å². The molecule has 0 bridgehead atoms. The number of aliphatic hydroxyl groups is 1. The molecule has 0 radical (unpaired) electrons. The minimum absolute atomic E-state index is 0.0583. The molecule has 0 fully saturated rings. The van der Waals surface area contributed by atoms with Gasteiger partial charge in [-0.15, -0.1) is 0 Å². The minimum Gasteiger partial charge on any atom is -0.395 e. The fraction of sp³-hybridized carbons (Fsp3) is 0.600. The Balaban J connectivity index is 1.81. The van der Waals surface area contributed by atoms with Gasteiger partial charge in [-0.05, 0) is 47.9 Å². The first-order chi connectivity index (χ1) is 10.7. The summed E-state index contributed by atoms with van der Waals surface area (Å²) in [5.74, 6) is 0. The molecule has 3 N–H and O–H groups in total. The summed E-state index contributed by atoms with van der Waals surface area (Å²) in [6.07, 6.45) is 13.4. The van der Waals surface area contributed by atoms with E-state index >= 15 is 0 Å². The van der Waals surface area contributed by atoms with E-state index in [9.17, 15) is 0 Å². The summed E-state index contributed by atoms with van der Waals surface area (Å²) in [4.78, 5) is 0. The van der Waals surface area contributed by atoms with E-state index in [2.05, 4.69) is 31.2 Å². The molecule has 1 aliphatic carbocycles. The maximum atomic E-state index is 9.11. The van der Waals surface area contributed by atoms with Crippen LogP contribution in [0.2, 0.25) is 0 Å². The summed E-state index contributed by atoms with van der Waals surface area (Å²) in [7, 11) is 0. The lowest BCUT2D eigenvalue weighted by Crippen LogP contribution is -2.24. The van der Waals surface area contributed by atoms with Crippen molar-refractivity contribution in [2.45, 2.75) is 70.8 Å². The molecule has 22 heavy (non-hydrogen) atoms. The van der Waals surface area contributed by atoms with Crippen molar-refractivity contribution in [1.29, 1.82) is 0 Å². The zero-order chi connectivity index (χ0) is 15.8. The second-order valence-electron chi connectivity index (χ2n) is 6.59. The molecule has 0 saturated heterocycles. The molecule has 1 unspecified atom stereocenters. The van der Waals surface area contributed by atoms with Crippen molar-refractivity contribution in [2.24, 2.45) is 5.73 Å². The third kappa shape index (κ3) is 4.96. The molecule has 0 spiro atoms. The Labute approximate surface area is 135 Å². The number of hydrogen-bond acceptors (Lipinski definition) is 2. The average Bonchev–Trinajstić information content (AvgIpc) is 2.93. The van der Waals surface area contributed by atoms with E-state index in [4.69, 9.17) is 10.8 Å². The maximum Gasteiger partial charge on any atom is 0.0585 e. The lowest BCUT2D eigenvalue weighted by Gasteiger charge is -2.11. The maximum absolute atomic E-state index is 9.11. The standard InChI is InChI=1S/C20H31NO/c1-2-3-4-5-6-7-8-16-9-12-20-17(13-16)10-11-18(20)14-19(21)15-22/h9,11-13,19,22H,2-8,10,14-15,21H2,1H3. The second kappa shape index (κ2) is 9.12. The molecule has 0 heterocycles. The molecule has 0 aliphatic heterocycles. The summed E-state index contributed by atoms with van der Waals surface area (Å²) < 4.78 is 0. The van der Waals surface area contributed by atoms with Gasteiger partial charge >= 0.3 is 0 Å². The molecule has 1 aromatic rings. The quantitative estimate of drug-likeness (QED) is 0.635. The summed E-state index contributed by atoms with van der Waals surface area (Å²) in [6.45, 7) is 2.32. The van der Waals surface area contributed by atoms with Crippen LogP contribution in [0.25, 0.3) is 5.57 Å². The van der Waals surface area contributed by atoms with Crippen molar-refractivity contribution in [3.05, 3.63) is 41.0 Å². The predicted octanol–water partition coefficient (Wildman–Crippen LogP) is 4.24. The number of aliphatic hydroxyl groups excluding tert-OH is 1. The zero-order valence-corrected chi connectivity index (χ0v) is 14.0. The highest BCUT2D eigenvalue weighted by Crippen LogP contribution is 2.31. The van der Waals surface area contributed by atoms with Gasteiger partial charge in [0, 0.05) is 6.04 Å². The number of fused-ring (bicyclic) bond motifs is 1. The third-order valence-electron chi connectivity index (χ3n) is 4.62. The van der Waals surface area contributed by atoms with E-state index in [-0.39, 0.29) is 12.6 Å². The van der Waals surface area contributed by atoms with Crippen molar-refractivity contribution in [2.75, 3.05) is 6.61 Å². The molecule has 2 rings (SSSR count).